The molecule has 3 aromatic rings. The molecule has 0 amide bonds. The van der Waals surface area contributed by atoms with Crippen LogP contribution >= 0.6 is 0 Å². The lowest BCUT2D eigenvalue weighted by molar-refractivity contribution is -0.0283. The van der Waals surface area contributed by atoms with E-state index in [0.717, 1.165) is 48.5 Å². The smallest absolute Gasteiger partial charge is 0.356 e. The third kappa shape index (κ3) is 6.22. The molecule has 0 radical (unpaired) electrons. The van der Waals surface area contributed by atoms with Gasteiger partial charge in [0.15, 0.2) is 0 Å². The lowest BCUT2D eigenvalue weighted by Crippen LogP contribution is -2.37. The molecule has 0 bridgehead atoms. The predicted molar refractivity (Wildman–Crippen MR) is 131 cm³/mol. The molecule has 6 nitrogen and oxygen atoms in total. The van der Waals surface area contributed by atoms with E-state index in [1.54, 1.807) is 20.1 Å². The molecule has 1 atom stereocenters. The maximum absolute atomic E-state index is 12.0. The number of hydrogen-bond acceptors (Lipinski definition) is 6. The molecule has 0 aliphatic carbocycles. The standard InChI is InChI=1S/C28H32N2O4/c1-3-33-28(31)26-11-7-10-23(29-26)20-30-18-16-25(17-19-30)34-27(21-8-5-4-6-9-21)22-12-14-24(32-2)15-13-22/h4-15,25,27H,3,16-20H2,1-2H3. The van der Waals surface area contributed by atoms with Crippen molar-refractivity contribution in [2.45, 2.75) is 38.5 Å². The van der Waals surface area contributed by atoms with Crippen molar-refractivity contribution < 1.29 is 19.0 Å². The van der Waals surface area contributed by atoms with Crippen molar-refractivity contribution in [3.8, 4) is 5.75 Å². The second-order valence-electron chi connectivity index (χ2n) is 8.41. The first-order valence-electron chi connectivity index (χ1n) is 11.9. The minimum absolute atomic E-state index is 0.119. The van der Waals surface area contributed by atoms with Gasteiger partial charge in [-0.05, 0) is 55.2 Å². The Hall–Kier alpha value is -3.22. The molecule has 1 saturated heterocycles. The van der Waals surface area contributed by atoms with Crippen LogP contribution in [-0.4, -0.2) is 48.8 Å². The fourth-order valence-electron chi connectivity index (χ4n) is 4.27. The van der Waals surface area contributed by atoms with E-state index < -0.39 is 0 Å². The highest BCUT2D eigenvalue weighted by Gasteiger charge is 2.25. The largest absolute Gasteiger partial charge is 0.497 e. The minimum atomic E-state index is -0.373. The van der Waals surface area contributed by atoms with E-state index in [0.29, 0.717) is 18.8 Å². The van der Waals surface area contributed by atoms with Crippen molar-refractivity contribution in [3.63, 3.8) is 0 Å². The van der Waals surface area contributed by atoms with Gasteiger partial charge < -0.3 is 14.2 Å². The molecule has 34 heavy (non-hydrogen) atoms. The Kier molecular flexibility index (Phi) is 8.28. The summed E-state index contributed by atoms with van der Waals surface area (Å²) in [4.78, 5) is 18.8. The number of rotatable bonds is 9. The van der Waals surface area contributed by atoms with Gasteiger partial charge >= 0.3 is 5.97 Å². The predicted octanol–water partition coefficient (Wildman–Crippen LogP) is 5.04. The van der Waals surface area contributed by atoms with Crippen LogP contribution in [0.15, 0.2) is 72.8 Å². The number of carbonyl (C=O) groups is 1. The average Bonchev–Trinajstić information content (AvgIpc) is 2.89. The quantitative estimate of drug-likeness (QED) is 0.417. The van der Waals surface area contributed by atoms with Crippen LogP contribution in [0.2, 0.25) is 0 Å². The zero-order valence-electron chi connectivity index (χ0n) is 19.9. The molecule has 2 heterocycles. The van der Waals surface area contributed by atoms with Crippen molar-refractivity contribution in [2.24, 2.45) is 0 Å². The summed E-state index contributed by atoms with van der Waals surface area (Å²) in [6.07, 6.45) is 1.93. The Balaban J connectivity index is 1.38. The summed E-state index contributed by atoms with van der Waals surface area (Å²) in [6, 6.07) is 24.0. The summed E-state index contributed by atoms with van der Waals surface area (Å²) < 4.78 is 17.1. The van der Waals surface area contributed by atoms with Crippen LogP contribution < -0.4 is 4.74 Å². The number of nitrogens with zero attached hydrogens (tertiary/aromatic N) is 2. The van der Waals surface area contributed by atoms with Crippen LogP contribution in [-0.2, 0) is 16.0 Å². The lowest BCUT2D eigenvalue weighted by atomic mass is 10.00. The molecule has 0 spiro atoms. The first-order valence-corrected chi connectivity index (χ1v) is 11.9. The summed E-state index contributed by atoms with van der Waals surface area (Å²) in [7, 11) is 1.68. The number of pyridine rings is 1. The molecule has 0 saturated carbocycles. The fourth-order valence-corrected chi connectivity index (χ4v) is 4.27. The molecule has 0 N–H and O–H groups in total. The zero-order valence-corrected chi connectivity index (χ0v) is 19.9. The van der Waals surface area contributed by atoms with Crippen LogP contribution in [0, 0.1) is 0 Å². The molecule has 1 aliphatic rings. The van der Waals surface area contributed by atoms with E-state index in [4.69, 9.17) is 14.2 Å². The highest BCUT2D eigenvalue weighted by atomic mass is 16.5. The Bertz CT molecular complexity index is 1050. The van der Waals surface area contributed by atoms with Crippen molar-refractivity contribution in [3.05, 3.63) is 95.3 Å². The van der Waals surface area contributed by atoms with Gasteiger partial charge in [-0.15, -0.1) is 0 Å². The summed E-state index contributed by atoms with van der Waals surface area (Å²) in [5, 5.41) is 0. The van der Waals surface area contributed by atoms with Crippen LogP contribution in [0.1, 0.15) is 53.2 Å². The average molecular weight is 461 g/mol. The van der Waals surface area contributed by atoms with Crippen LogP contribution in [0.5, 0.6) is 5.75 Å². The monoisotopic (exact) mass is 460 g/mol. The number of carbonyl (C=O) groups excluding carboxylic acids is 1. The topological polar surface area (TPSA) is 60.9 Å². The van der Waals surface area contributed by atoms with Crippen LogP contribution in [0.3, 0.4) is 0 Å². The number of benzene rings is 2. The maximum Gasteiger partial charge on any atom is 0.356 e. The van der Waals surface area contributed by atoms with E-state index in [-0.39, 0.29) is 18.2 Å². The van der Waals surface area contributed by atoms with Gasteiger partial charge in [-0.3, -0.25) is 4.90 Å². The van der Waals surface area contributed by atoms with E-state index in [9.17, 15) is 4.79 Å². The summed E-state index contributed by atoms with van der Waals surface area (Å²) >= 11 is 0. The Labute approximate surface area is 201 Å². The zero-order chi connectivity index (χ0) is 23.8. The number of ether oxygens (including phenoxy) is 3. The van der Waals surface area contributed by atoms with E-state index in [2.05, 4.69) is 46.3 Å². The summed E-state index contributed by atoms with van der Waals surface area (Å²) in [5.74, 6) is 0.464. The molecule has 4 rings (SSSR count). The third-order valence-corrected chi connectivity index (χ3v) is 6.06. The lowest BCUT2D eigenvalue weighted by Gasteiger charge is -2.34. The van der Waals surface area contributed by atoms with Gasteiger partial charge in [-0.2, -0.15) is 0 Å². The normalized spacial score (nSPS) is 15.6. The van der Waals surface area contributed by atoms with Gasteiger partial charge in [0.05, 0.1) is 25.5 Å². The van der Waals surface area contributed by atoms with Crippen molar-refractivity contribution >= 4 is 5.97 Å². The number of likely N-dealkylation sites (tertiary alicyclic amines) is 1. The molecule has 2 aromatic carbocycles. The summed E-state index contributed by atoms with van der Waals surface area (Å²) in [5.41, 5.74) is 3.51. The molecular weight excluding hydrogens is 428 g/mol. The first-order chi connectivity index (χ1) is 16.7. The number of piperidine rings is 1. The number of hydrogen-bond donors (Lipinski definition) is 0. The molecule has 1 aliphatic heterocycles. The minimum Gasteiger partial charge on any atom is -0.497 e. The Morgan fingerprint density at radius 3 is 2.35 bits per heavy atom. The number of esters is 1. The van der Waals surface area contributed by atoms with Gasteiger partial charge in [0, 0.05) is 19.6 Å². The fraction of sp³-hybridized carbons (Fsp3) is 0.357. The Morgan fingerprint density at radius 1 is 0.971 bits per heavy atom. The van der Waals surface area contributed by atoms with E-state index >= 15 is 0 Å². The van der Waals surface area contributed by atoms with Gasteiger partial charge in [0.2, 0.25) is 0 Å². The number of aromatic nitrogens is 1. The van der Waals surface area contributed by atoms with Gasteiger partial charge in [0.25, 0.3) is 0 Å². The highest BCUT2D eigenvalue weighted by molar-refractivity contribution is 5.87. The molecule has 1 aromatic heterocycles. The molecule has 178 valence electrons. The van der Waals surface area contributed by atoms with Gasteiger partial charge in [-0.25, -0.2) is 9.78 Å². The highest BCUT2D eigenvalue weighted by Crippen LogP contribution is 2.31. The summed E-state index contributed by atoms with van der Waals surface area (Å²) in [6.45, 7) is 4.69. The molecule has 1 fully saturated rings. The second-order valence-corrected chi connectivity index (χ2v) is 8.41. The van der Waals surface area contributed by atoms with Gasteiger partial charge in [-0.1, -0.05) is 48.5 Å². The van der Waals surface area contributed by atoms with Crippen molar-refractivity contribution in [1.82, 2.24) is 9.88 Å². The molecule has 1 unspecified atom stereocenters. The maximum atomic E-state index is 12.0. The third-order valence-electron chi connectivity index (χ3n) is 6.06. The SMILES string of the molecule is CCOC(=O)c1cccc(CN2CCC(OC(c3ccccc3)c3ccc(OC)cc3)CC2)n1. The first kappa shape index (κ1) is 23.9. The van der Waals surface area contributed by atoms with Crippen molar-refractivity contribution in [1.29, 1.82) is 0 Å². The molecule has 6 heteroatoms. The second kappa shape index (κ2) is 11.8. The van der Waals surface area contributed by atoms with Gasteiger partial charge in [0.1, 0.15) is 17.5 Å². The van der Waals surface area contributed by atoms with Crippen LogP contribution in [0.25, 0.3) is 0 Å². The van der Waals surface area contributed by atoms with E-state index in [1.807, 2.05) is 30.3 Å². The molecular formula is C28H32N2O4. The van der Waals surface area contributed by atoms with Crippen molar-refractivity contribution in [2.75, 3.05) is 26.8 Å². The van der Waals surface area contributed by atoms with Crippen LogP contribution in [0.4, 0.5) is 0 Å². The van der Waals surface area contributed by atoms with E-state index in [1.165, 1.54) is 0 Å². The number of methoxy groups -OCH3 is 1. The Morgan fingerprint density at radius 2 is 1.68 bits per heavy atom.